The fourth-order valence-electron chi connectivity index (χ4n) is 2.66. The molecule has 0 radical (unpaired) electrons. The number of ether oxygens (including phenoxy) is 2. The Labute approximate surface area is 124 Å². The van der Waals surface area contributed by atoms with E-state index in [4.69, 9.17) is 9.47 Å². The molecule has 3 heteroatoms. The molecule has 0 bridgehead atoms. The molecule has 0 aromatic heterocycles. The highest BCUT2D eigenvalue weighted by Gasteiger charge is 2.22. The quantitative estimate of drug-likeness (QED) is 0.513. The van der Waals surface area contributed by atoms with Crippen molar-refractivity contribution in [2.24, 2.45) is 5.92 Å². The van der Waals surface area contributed by atoms with Gasteiger partial charge in [-0.15, -0.1) is 0 Å². The van der Waals surface area contributed by atoms with Crippen LogP contribution in [-0.4, -0.2) is 31.0 Å². The van der Waals surface area contributed by atoms with Gasteiger partial charge in [-0.2, -0.15) is 0 Å². The van der Waals surface area contributed by atoms with Crippen LogP contribution >= 0.6 is 0 Å². The minimum absolute atomic E-state index is 0.186. The van der Waals surface area contributed by atoms with Crippen LogP contribution in [0.25, 0.3) is 0 Å². The summed E-state index contributed by atoms with van der Waals surface area (Å²) < 4.78 is 11.0. The summed E-state index contributed by atoms with van der Waals surface area (Å²) in [5.74, 6) is 1.69. The van der Waals surface area contributed by atoms with E-state index in [1.165, 1.54) is 25.7 Å². The summed E-state index contributed by atoms with van der Waals surface area (Å²) in [6.07, 6.45) is 10.5. The van der Waals surface area contributed by atoms with E-state index in [1.54, 1.807) is 7.11 Å². The van der Waals surface area contributed by atoms with Crippen LogP contribution in [0.3, 0.4) is 0 Å². The second-order valence-electron chi connectivity index (χ2n) is 6.02. The zero-order valence-corrected chi connectivity index (χ0v) is 13.4. The molecule has 1 aliphatic heterocycles. The fourth-order valence-corrected chi connectivity index (χ4v) is 2.66. The standard InChI is InChI=1S/C17H32O3/c1-4-5-6-8-14(2)10-11-15(19-3)13-17-16(18)9-7-12-20-17/h13-14,16-18H,4-12H2,1-3H3/t14?,16-,17+/m1/s1. The highest BCUT2D eigenvalue weighted by Crippen LogP contribution is 2.21. The molecule has 0 amide bonds. The SMILES string of the molecule is CCCCCC(C)CCC(=C[C@@H]1OCCC[C@H]1O)OC. The zero-order chi connectivity index (χ0) is 14.8. The number of unbranched alkanes of at least 4 members (excludes halogenated alkanes) is 2. The summed E-state index contributed by atoms with van der Waals surface area (Å²) >= 11 is 0. The largest absolute Gasteiger partial charge is 0.501 e. The first-order valence-electron chi connectivity index (χ1n) is 8.21. The van der Waals surface area contributed by atoms with Crippen molar-refractivity contribution < 1.29 is 14.6 Å². The Kier molecular flexibility index (Phi) is 8.95. The molecule has 0 aliphatic carbocycles. The smallest absolute Gasteiger partial charge is 0.105 e. The molecule has 0 aromatic rings. The van der Waals surface area contributed by atoms with Gasteiger partial charge in [0.1, 0.15) is 6.10 Å². The van der Waals surface area contributed by atoms with Crippen molar-refractivity contribution in [1.82, 2.24) is 0 Å². The monoisotopic (exact) mass is 284 g/mol. The molecule has 1 saturated heterocycles. The highest BCUT2D eigenvalue weighted by atomic mass is 16.5. The maximum absolute atomic E-state index is 9.91. The van der Waals surface area contributed by atoms with Crippen molar-refractivity contribution in [1.29, 1.82) is 0 Å². The summed E-state index contributed by atoms with van der Waals surface area (Å²) in [5.41, 5.74) is 0. The van der Waals surface area contributed by atoms with Crippen molar-refractivity contribution in [3.63, 3.8) is 0 Å². The van der Waals surface area contributed by atoms with E-state index in [2.05, 4.69) is 13.8 Å². The van der Waals surface area contributed by atoms with Crippen molar-refractivity contribution in [3.05, 3.63) is 11.8 Å². The predicted molar refractivity (Wildman–Crippen MR) is 82.6 cm³/mol. The zero-order valence-electron chi connectivity index (χ0n) is 13.4. The van der Waals surface area contributed by atoms with Gasteiger partial charge in [0.25, 0.3) is 0 Å². The fraction of sp³-hybridized carbons (Fsp3) is 0.882. The lowest BCUT2D eigenvalue weighted by atomic mass is 9.97. The Balaban J connectivity index is 2.34. The van der Waals surface area contributed by atoms with E-state index in [0.717, 1.165) is 44.0 Å². The number of aliphatic hydroxyl groups is 1. The van der Waals surface area contributed by atoms with Crippen molar-refractivity contribution in [2.45, 2.75) is 77.4 Å². The normalized spacial score (nSPS) is 25.5. The summed E-state index contributed by atoms with van der Waals surface area (Å²) in [7, 11) is 1.71. The lowest BCUT2D eigenvalue weighted by Gasteiger charge is -2.26. The van der Waals surface area contributed by atoms with Gasteiger partial charge in [0.05, 0.1) is 19.0 Å². The second kappa shape index (κ2) is 10.2. The van der Waals surface area contributed by atoms with E-state index >= 15 is 0 Å². The van der Waals surface area contributed by atoms with Crippen molar-refractivity contribution in [3.8, 4) is 0 Å². The summed E-state index contributed by atoms with van der Waals surface area (Å²) in [6.45, 7) is 5.30. The van der Waals surface area contributed by atoms with Crippen LogP contribution in [0.5, 0.6) is 0 Å². The average molecular weight is 284 g/mol. The van der Waals surface area contributed by atoms with Gasteiger partial charge in [0, 0.05) is 13.0 Å². The Hall–Kier alpha value is -0.540. The molecule has 3 nitrogen and oxygen atoms in total. The van der Waals surface area contributed by atoms with Crippen molar-refractivity contribution in [2.75, 3.05) is 13.7 Å². The number of hydrogen-bond acceptors (Lipinski definition) is 3. The Morgan fingerprint density at radius 2 is 2.20 bits per heavy atom. The van der Waals surface area contributed by atoms with Gasteiger partial charge < -0.3 is 14.6 Å². The third-order valence-electron chi connectivity index (χ3n) is 4.13. The Bertz CT molecular complexity index is 275. The maximum atomic E-state index is 9.91. The summed E-state index contributed by atoms with van der Waals surface area (Å²) in [5, 5.41) is 9.91. The van der Waals surface area contributed by atoms with Crippen LogP contribution in [-0.2, 0) is 9.47 Å². The Morgan fingerprint density at radius 1 is 1.40 bits per heavy atom. The van der Waals surface area contributed by atoms with Crippen LogP contribution in [0.1, 0.15) is 65.2 Å². The Morgan fingerprint density at radius 3 is 2.85 bits per heavy atom. The molecule has 118 valence electrons. The molecule has 1 rings (SSSR count). The van der Waals surface area contributed by atoms with Crippen LogP contribution in [0, 0.1) is 5.92 Å². The lowest BCUT2D eigenvalue weighted by molar-refractivity contribution is -0.0500. The topological polar surface area (TPSA) is 38.7 Å². The maximum Gasteiger partial charge on any atom is 0.105 e. The molecule has 1 N–H and O–H groups in total. The number of aliphatic hydroxyl groups excluding tert-OH is 1. The van der Waals surface area contributed by atoms with Crippen molar-refractivity contribution >= 4 is 0 Å². The molecule has 0 aromatic carbocycles. The number of allylic oxidation sites excluding steroid dienone is 1. The first-order chi connectivity index (χ1) is 9.67. The first kappa shape index (κ1) is 17.5. The van der Waals surface area contributed by atoms with Gasteiger partial charge in [-0.25, -0.2) is 0 Å². The van der Waals surface area contributed by atoms with Crippen LogP contribution in [0.2, 0.25) is 0 Å². The van der Waals surface area contributed by atoms with Gasteiger partial charge in [-0.05, 0) is 31.3 Å². The minimum Gasteiger partial charge on any atom is -0.501 e. The third kappa shape index (κ3) is 6.76. The van der Waals surface area contributed by atoms with Gasteiger partial charge >= 0.3 is 0 Å². The van der Waals surface area contributed by atoms with Gasteiger partial charge in [0.2, 0.25) is 0 Å². The van der Waals surface area contributed by atoms with Gasteiger partial charge in [0.15, 0.2) is 0 Å². The molecule has 0 spiro atoms. The second-order valence-corrected chi connectivity index (χ2v) is 6.02. The van der Waals surface area contributed by atoms with E-state index in [9.17, 15) is 5.11 Å². The van der Waals surface area contributed by atoms with E-state index in [1.807, 2.05) is 6.08 Å². The van der Waals surface area contributed by atoms with Crippen LogP contribution in [0.4, 0.5) is 0 Å². The predicted octanol–water partition coefficient (Wildman–Crippen LogP) is 4.05. The molecular formula is C17H32O3. The average Bonchev–Trinajstić information content (AvgIpc) is 2.45. The molecule has 1 fully saturated rings. The van der Waals surface area contributed by atoms with E-state index < -0.39 is 0 Å². The molecule has 1 aliphatic rings. The van der Waals surface area contributed by atoms with Crippen LogP contribution in [0.15, 0.2) is 11.8 Å². The lowest BCUT2D eigenvalue weighted by Crippen LogP contribution is -2.32. The van der Waals surface area contributed by atoms with E-state index in [0.29, 0.717) is 0 Å². The molecule has 1 heterocycles. The third-order valence-corrected chi connectivity index (χ3v) is 4.13. The number of methoxy groups -OCH3 is 1. The highest BCUT2D eigenvalue weighted by molar-refractivity contribution is 5.01. The summed E-state index contributed by atoms with van der Waals surface area (Å²) in [6, 6.07) is 0. The molecule has 3 atom stereocenters. The molecule has 20 heavy (non-hydrogen) atoms. The first-order valence-corrected chi connectivity index (χ1v) is 8.21. The molecule has 0 saturated carbocycles. The minimum atomic E-state index is -0.379. The number of hydrogen-bond donors (Lipinski definition) is 1. The van der Waals surface area contributed by atoms with Gasteiger partial charge in [-0.3, -0.25) is 0 Å². The van der Waals surface area contributed by atoms with Crippen LogP contribution < -0.4 is 0 Å². The number of rotatable bonds is 9. The summed E-state index contributed by atoms with van der Waals surface area (Å²) in [4.78, 5) is 0. The molecular weight excluding hydrogens is 252 g/mol. The van der Waals surface area contributed by atoms with Gasteiger partial charge in [-0.1, -0.05) is 39.5 Å². The van der Waals surface area contributed by atoms with E-state index in [-0.39, 0.29) is 12.2 Å². The molecule has 1 unspecified atom stereocenters.